The van der Waals surface area contributed by atoms with Crippen molar-refractivity contribution >= 4 is 17.5 Å². The molecule has 27 heavy (non-hydrogen) atoms. The van der Waals surface area contributed by atoms with E-state index in [2.05, 4.69) is 24.1 Å². The molecule has 0 unspecified atom stereocenters. The number of hydrogen-bond donors (Lipinski definition) is 1. The van der Waals surface area contributed by atoms with Gasteiger partial charge >= 0.3 is 0 Å². The summed E-state index contributed by atoms with van der Waals surface area (Å²) < 4.78 is 5.40. The molecule has 0 atom stereocenters. The van der Waals surface area contributed by atoms with Crippen LogP contribution in [-0.2, 0) is 4.74 Å². The normalized spacial score (nSPS) is 15.6. The van der Waals surface area contributed by atoms with Crippen molar-refractivity contribution in [2.75, 3.05) is 32.8 Å². The van der Waals surface area contributed by atoms with E-state index in [-0.39, 0.29) is 11.4 Å². The number of benzene rings is 2. The fourth-order valence-corrected chi connectivity index (χ4v) is 3.66. The van der Waals surface area contributed by atoms with Crippen molar-refractivity contribution in [1.82, 2.24) is 10.2 Å². The fraction of sp³-hybridized carbons (Fsp3) is 0.409. The van der Waals surface area contributed by atoms with Gasteiger partial charge in [0.2, 0.25) is 0 Å². The Bertz CT molecular complexity index is 814. The third-order valence-corrected chi connectivity index (χ3v) is 5.29. The SMILES string of the molecule is Cc1c(Cl)cccc1-c1cccc(C(=O)NC(C)(C)CN2CCOCC2)c1. The summed E-state index contributed by atoms with van der Waals surface area (Å²) in [5.74, 6) is -0.0604. The van der Waals surface area contributed by atoms with Gasteiger partial charge in [-0.15, -0.1) is 0 Å². The minimum atomic E-state index is -0.323. The van der Waals surface area contributed by atoms with Gasteiger partial charge in [-0.05, 0) is 55.7 Å². The maximum Gasteiger partial charge on any atom is 0.251 e. The molecule has 5 heteroatoms. The Hall–Kier alpha value is -1.88. The number of amides is 1. The van der Waals surface area contributed by atoms with Gasteiger partial charge in [0, 0.05) is 35.8 Å². The van der Waals surface area contributed by atoms with E-state index in [1.165, 1.54) is 0 Å². The molecule has 3 rings (SSSR count). The van der Waals surface area contributed by atoms with Crippen LogP contribution in [0.15, 0.2) is 42.5 Å². The van der Waals surface area contributed by atoms with E-state index in [4.69, 9.17) is 16.3 Å². The Morgan fingerprint density at radius 3 is 2.63 bits per heavy atom. The second-order valence-corrected chi connectivity index (χ2v) is 8.13. The molecule has 4 nitrogen and oxygen atoms in total. The highest BCUT2D eigenvalue weighted by molar-refractivity contribution is 6.31. The number of nitrogens with zero attached hydrogens (tertiary/aromatic N) is 1. The van der Waals surface area contributed by atoms with E-state index in [1.807, 2.05) is 49.4 Å². The Labute approximate surface area is 166 Å². The Morgan fingerprint density at radius 1 is 1.19 bits per heavy atom. The average molecular weight is 387 g/mol. The number of hydrogen-bond acceptors (Lipinski definition) is 3. The van der Waals surface area contributed by atoms with Crippen molar-refractivity contribution in [3.63, 3.8) is 0 Å². The predicted molar refractivity (Wildman–Crippen MR) is 110 cm³/mol. The predicted octanol–water partition coefficient (Wildman–Crippen LogP) is 4.16. The molecule has 0 spiro atoms. The molecule has 1 N–H and O–H groups in total. The summed E-state index contributed by atoms with van der Waals surface area (Å²) in [4.78, 5) is 15.2. The van der Waals surface area contributed by atoms with Crippen LogP contribution in [0.3, 0.4) is 0 Å². The Kier molecular flexibility index (Phi) is 6.20. The fourth-order valence-electron chi connectivity index (χ4n) is 3.49. The first kappa shape index (κ1) is 19.9. The number of morpholine rings is 1. The molecular formula is C22H27ClN2O2. The maximum absolute atomic E-state index is 12.9. The van der Waals surface area contributed by atoms with E-state index < -0.39 is 0 Å². The van der Waals surface area contributed by atoms with Crippen molar-refractivity contribution in [1.29, 1.82) is 0 Å². The van der Waals surface area contributed by atoms with E-state index in [0.717, 1.165) is 54.6 Å². The summed E-state index contributed by atoms with van der Waals surface area (Å²) in [7, 11) is 0. The smallest absolute Gasteiger partial charge is 0.251 e. The van der Waals surface area contributed by atoms with Crippen LogP contribution in [0.1, 0.15) is 29.8 Å². The zero-order valence-corrected chi connectivity index (χ0v) is 17.0. The molecule has 2 aromatic carbocycles. The largest absolute Gasteiger partial charge is 0.379 e. The molecule has 2 aromatic rings. The molecule has 0 aromatic heterocycles. The first-order chi connectivity index (χ1) is 12.9. The van der Waals surface area contributed by atoms with E-state index in [9.17, 15) is 4.79 Å². The maximum atomic E-state index is 12.9. The number of carbonyl (C=O) groups excluding carboxylic acids is 1. The third kappa shape index (κ3) is 5.10. The van der Waals surface area contributed by atoms with Gasteiger partial charge in [-0.1, -0.05) is 35.9 Å². The van der Waals surface area contributed by atoms with E-state index in [0.29, 0.717) is 5.56 Å². The van der Waals surface area contributed by atoms with Crippen LogP contribution < -0.4 is 5.32 Å². The first-order valence-electron chi connectivity index (χ1n) is 9.34. The second-order valence-electron chi connectivity index (χ2n) is 7.72. The zero-order chi connectivity index (χ0) is 19.4. The minimum absolute atomic E-state index is 0.0604. The van der Waals surface area contributed by atoms with Crippen LogP contribution >= 0.6 is 11.6 Å². The number of ether oxygens (including phenoxy) is 1. The lowest BCUT2D eigenvalue weighted by atomic mass is 9.98. The highest BCUT2D eigenvalue weighted by atomic mass is 35.5. The number of rotatable bonds is 5. The van der Waals surface area contributed by atoms with Gasteiger partial charge < -0.3 is 10.1 Å². The minimum Gasteiger partial charge on any atom is -0.379 e. The van der Waals surface area contributed by atoms with Crippen molar-refractivity contribution < 1.29 is 9.53 Å². The first-order valence-corrected chi connectivity index (χ1v) is 9.72. The van der Waals surface area contributed by atoms with Crippen LogP contribution in [0.2, 0.25) is 5.02 Å². The van der Waals surface area contributed by atoms with Crippen LogP contribution in [0, 0.1) is 6.92 Å². The van der Waals surface area contributed by atoms with Crippen molar-refractivity contribution in [3.8, 4) is 11.1 Å². The molecule has 1 saturated heterocycles. The Balaban J connectivity index is 1.74. The van der Waals surface area contributed by atoms with E-state index >= 15 is 0 Å². The van der Waals surface area contributed by atoms with Crippen LogP contribution in [0.25, 0.3) is 11.1 Å². The lowest BCUT2D eigenvalue weighted by molar-refractivity contribution is 0.0269. The van der Waals surface area contributed by atoms with Crippen molar-refractivity contribution in [2.24, 2.45) is 0 Å². The van der Waals surface area contributed by atoms with Gasteiger partial charge in [-0.3, -0.25) is 9.69 Å². The molecule has 0 bridgehead atoms. The summed E-state index contributed by atoms with van der Waals surface area (Å²) in [6.07, 6.45) is 0. The molecule has 144 valence electrons. The second kappa shape index (κ2) is 8.42. The Morgan fingerprint density at radius 2 is 1.89 bits per heavy atom. The topological polar surface area (TPSA) is 41.6 Å². The molecule has 0 aliphatic carbocycles. The zero-order valence-electron chi connectivity index (χ0n) is 16.2. The molecule has 1 amide bonds. The van der Waals surface area contributed by atoms with Gasteiger partial charge in [0.1, 0.15) is 0 Å². The molecular weight excluding hydrogens is 360 g/mol. The summed E-state index contributed by atoms with van der Waals surface area (Å²) >= 11 is 6.25. The monoisotopic (exact) mass is 386 g/mol. The number of nitrogens with one attached hydrogen (secondary N) is 1. The molecule has 0 saturated carbocycles. The van der Waals surface area contributed by atoms with Crippen LogP contribution in [-0.4, -0.2) is 49.2 Å². The number of carbonyl (C=O) groups is 1. The highest BCUT2D eigenvalue weighted by Gasteiger charge is 2.25. The summed E-state index contributed by atoms with van der Waals surface area (Å²) in [6.45, 7) is 10.2. The quantitative estimate of drug-likeness (QED) is 0.839. The molecule has 1 heterocycles. The highest BCUT2D eigenvalue weighted by Crippen LogP contribution is 2.29. The van der Waals surface area contributed by atoms with Crippen LogP contribution in [0.4, 0.5) is 0 Å². The average Bonchev–Trinajstić information content (AvgIpc) is 2.64. The lowest BCUT2D eigenvalue weighted by Crippen LogP contribution is -2.53. The van der Waals surface area contributed by atoms with E-state index in [1.54, 1.807) is 0 Å². The van der Waals surface area contributed by atoms with Crippen molar-refractivity contribution in [2.45, 2.75) is 26.3 Å². The van der Waals surface area contributed by atoms with Crippen LogP contribution in [0.5, 0.6) is 0 Å². The van der Waals surface area contributed by atoms with Gasteiger partial charge in [-0.25, -0.2) is 0 Å². The lowest BCUT2D eigenvalue weighted by Gasteiger charge is -2.35. The number of halogens is 1. The molecule has 1 fully saturated rings. The molecule has 1 aliphatic rings. The van der Waals surface area contributed by atoms with Crippen molar-refractivity contribution in [3.05, 3.63) is 58.6 Å². The van der Waals surface area contributed by atoms with Gasteiger partial charge in [0.25, 0.3) is 5.91 Å². The summed E-state index contributed by atoms with van der Waals surface area (Å²) in [5.41, 5.74) is 3.39. The summed E-state index contributed by atoms with van der Waals surface area (Å²) in [6, 6.07) is 13.5. The molecule has 0 radical (unpaired) electrons. The van der Waals surface area contributed by atoms with Gasteiger partial charge in [0.15, 0.2) is 0 Å². The molecule has 1 aliphatic heterocycles. The van der Waals surface area contributed by atoms with Gasteiger partial charge in [-0.2, -0.15) is 0 Å². The third-order valence-electron chi connectivity index (χ3n) is 4.88. The summed E-state index contributed by atoms with van der Waals surface area (Å²) in [5, 5.41) is 3.91. The standard InChI is InChI=1S/C22H27ClN2O2/c1-16-19(8-5-9-20(16)23)17-6-4-7-18(14-17)21(26)24-22(2,3)15-25-10-12-27-13-11-25/h4-9,14H,10-13,15H2,1-3H3,(H,24,26). The van der Waals surface area contributed by atoms with Gasteiger partial charge in [0.05, 0.1) is 13.2 Å².